The summed E-state index contributed by atoms with van der Waals surface area (Å²) >= 11 is 0. The standard InChI is InChI=1S/C19H22O5/c1-5-15(20)23-17-12(4)18(22-7-3)19(24-16(21)6-2)14-11-9-8-10-13(14)17/h8-11H,5-7H2,1-4H3. The van der Waals surface area contributed by atoms with E-state index < -0.39 is 0 Å². The number of hydrogen-bond donors (Lipinski definition) is 0. The number of ether oxygens (including phenoxy) is 3. The first-order chi connectivity index (χ1) is 11.5. The molecule has 2 rings (SSSR count). The van der Waals surface area contributed by atoms with E-state index in [1.807, 2.05) is 31.2 Å². The van der Waals surface area contributed by atoms with E-state index in [-0.39, 0.29) is 24.8 Å². The Bertz CT molecular complexity index is 764. The van der Waals surface area contributed by atoms with Gasteiger partial charge < -0.3 is 14.2 Å². The molecule has 0 N–H and O–H groups in total. The molecular weight excluding hydrogens is 308 g/mol. The molecule has 0 bridgehead atoms. The lowest BCUT2D eigenvalue weighted by molar-refractivity contribution is -0.135. The molecular formula is C19H22O5. The summed E-state index contributed by atoms with van der Waals surface area (Å²) in [4.78, 5) is 23.6. The minimum atomic E-state index is -0.348. The highest BCUT2D eigenvalue weighted by atomic mass is 16.6. The summed E-state index contributed by atoms with van der Waals surface area (Å²) in [7, 11) is 0. The lowest BCUT2D eigenvalue weighted by Gasteiger charge is -2.19. The largest absolute Gasteiger partial charge is 0.490 e. The average Bonchev–Trinajstić information content (AvgIpc) is 2.60. The lowest BCUT2D eigenvalue weighted by Crippen LogP contribution is -2.11. The average molecular weight is 330 g/mol. The van der Waals surface area contributed by atoms with Crippen LogP contribution in [0, 0.1) is 6.92 Å². The molecule has 2 aromatic carbocycles. The smallest absolute Gasteiger partial charge is 0.311 e. The molecule has 0 saturated heterocycles. The van der Waals surface area contributed by atoms with Crippen LogP contribution in [0.5, 0.6) is 17.2 Å². The van der Waals surface area contributed by atoms with E-state index in [1.54, 1.807) is 20.8 Å². The number of carbonyl (C=O) groups excluding carboxylic acids is 2. The monoisotopic (exact) mass is 330 g/mol. The fourth-order valence-electron chi connectivity index (χ4n) is 2.40. The topological polar surface area (TPSA) is 61.8 Å². The van der Waals surface area contributed by atoms with E-state index in [2.05, 4.69) is 0 Å². The second-order valence-electron chi connectivity index (χ2n) is 5.25. The number of carbonyl (C=O) groups is 2. The minimum Gasteiger partial charge on any atom is -0.490 e. The van der Waals surface area contributed by atoms with Gasteiger partial charge in [-0.3, -0.25) is 9.59 Å². The first-order valence-electron chi connectivity index (χ1n) is 8.12. The third-order valence-corrected chi connectivity index (χ3v) is 3.60. The van der Waals surface area contributed by atoms with Crippen molar-refractivity contribution in [3.05, 3.63) is 29.8 Å². The van der Waals surface area contributed by atoms with Crippen LogP contribution in [0.4, 0.5) is 0 Å². The van der Waals surface area contributed by atoms with Gasteiger partial charge in [0, 0.05) is 29.2 Å². The molecule has 5 nitrogen and oxygen atoms in total. The van der Waals surface area contributed by atoms with Gasteiger partial charge >= 0.3 is 11.9 Å². The van der Waals surface area contributed by atoms with Crippen molar-refractivity contribution >= 4 is 22.7 Å². The van der Waals surface area contributed by atoms with Crippen LogP contribution < -0.4 is 14.2 Å². The van der Waals surface area contributed by atoms with Gasteiger partial charge in [0.15, 0.2) is 11.5 Å². The van der Waals surface area contributed by atoms with Crippen molar-refractivity contribution < 1.29 is 23.8 Å². The van der Waals surface area contributed by atoms with Gasteiger partial charge in [-0.2, -0.15) is 0 Å². The maximum Gasteiger partial charge on any atom is 0.311 e. The summed E-state index contributed by atoms with van der Waals surface area (Å²) in [5, 5.41) is 1.38. The highest BCUT2D eigenvalue weighted by Gasteiger charge is 2.23. The number of benzene rings is 2. The zero-order valence-corrected chi connectivity index (χ0v) is 14.5. The van der Waals surface area contributed by atoms with Crippen molar-refractivity contribution in [2.24, 2.45) is 0 Å². The first-order valence-corrected chi connectivity index (χ1v) is 8.12. The molecule has 0 aliphatic carbocycles. The van der Waals surface area contributed by atoms with E-state index in [9.17, 15) is 9.59 Å². The summed E-state index contributed by atoms with van der Waals surface area (Å²) < 4.78 is 16.8. The number of rotatable bonds is 6. The van der Waals surface area contributed by atoms with Crippen molar-refractivity contribution in [1.82, 2.24) is 0 Å². The predicted octanol–water partition coefficient (Wildman–Crippen LogP) is 4.18. The Balaban J connectivity index is 2.75. The first kappa shape index (κ1) is 17.8. The predicted molar refractivity (Wildman–Crippen MR) is 91.7 cm³/mol. The SMILES string of the molecule is CCOc1c(C)c(OC(=O)CC)c2ccccc2c1OC(=O)CC. The third kappa shape index (κ3) is 3.50. The third-order valence-electron chi connectivity index (χ3n) is 3.60. The van der Waals surface area contributed by atoms with Crippen LogP contribution in [-0.4, -0.2) is 18.5 Å². The Morgan fingerprint density at radius 1 is 0.833 bits per heavy atom. The minimum absolute atomic E-state index is 0.255. The van der Waals surface area contributed by atoms with Crippen molar-refractivity contribution in [2.45, 2.75) is 40.5 Å². The van der Waals surface area contributed by atoms with Crippen molar-refractivity contribution in [1.29, 1.82) is 0 Å². The molecule has 0 unspecified atom stereocenters. The highest BCUT2D eigenvalue weighted by Crippen LogP contribution is 2.45. The second kappa shape index (κ2) is 7.81. The summed E-state index contributed by atoms with van der Waals surface area (Å²) in [5.41, 5.74) is 0.635. The molecule has 0 aliphatic heterocycles. The Morgan fingerprint density at radius 3 is 1.83 bits per heavy atom. The van der Waals surface area contributed by atoms with Crippen molar-refractivity contribution in [2.75, 3.05) is 6.61 Å². The van der Waals surface area contributed by atoms with Crippen LogP contribution in [0.2, 0.25) is 0 Å². The molecule has 24 heavy (non-hydrogen) atoms. The molecule has 0 radical (unpaired) electrons. The van der Waals surface area contributed by atoms with Crippen LogP contribution >= 0.6 is 0 Å². The van der Waals surface area contributed by atoms with Gasteiger partial charge in [0.2, 0.25) is 0 Å². The van der Waals surface area contributed by atoms with E-state index in [0.29, 0.717) is 40.2 Å². The van der Waals surface area contributed by atoms with Gasteiger partial charge in [-0.1, -0.05) is 38.1 Å². The number of esters is 2. The number of hydrogen-bond acceptors (Lipinski definition) is 5. The van der Waals surface area contributed by atoms with Gasteiger partial charge in [-0.25, -0.2) is 0 Å². The molecule has 0 fully saturated rings. The van der Waals surface area contributed by atoms with Gasteiger partial charge in [-0.05, 0) is 13.8 Å². The zero-order valence-electron chi connectivity index (χ0n) is 14.5. The van der Waals surface area contributed by atoms with Crippen molar-refractivity contribution in [3.63, 3.8) is 0 Å². The van der Waals surface area contributed by atoms with Gasteiger partial charge in [-0.15, -0.1) is 0 Å². The van der Waals surface area contributed by atoms with E-state index in [0.717, 1.165) is 0 Å². The Morgan fingerprint density at radius 2 is 1.33 bits per heavy atom. The summed E-state index contributed by atoms with van der Waals surface area (Å²) in [6.07, 6.45) is 0.524. The molecule has 0 aliphatic rings. The quantitative estimate of drug-likeness (QED) is 0.587. The molecule has 0 heterocycles. The lowest BCUT2D eigenvalue weighted by atomic mass is 10.0. The normalized spacial score (nSPS) is 10.5. The second-order valence-corrected chi connectivity index (χ2v) is 5.25. The Hall–Kier alpha value is -2.56. The van der Waals surface area contributed by atoms with E-state index in [1.165, 1.54) is 0 Å². The van der Waals surface area contributed by atoms with Crippen LogP contribution in [0.3, 0.4) is 0 Å². The molecule has 0 aromatic heterocycles. The van der Waals surface area contributed by atoms with Gasteiger partial charge in [0.05, 0.1) is 6.61 Å². The van der Waals surface area contributed by atoms with Crippen LogP contribution in [-0.2, 0) is 9.59 Å². The fourth-order valence-corrected chi connectivity index (χ4v) is 2.40. The van der Waals surface area contributed by atoms with E-state index >= 15 is 0 Å². The van der Waals surface area contributed by atoms with Crippen LogP contribution in [0.15, 0.2) is 24.3 Å². The molecule has 2 aromatic rings. The zero-order chi connectivity index (χ0) is 17.7. The molecule has 0 atom stereocenters. The van der Waals surface area contributed by atoms with Crippen LogP contribution in [0.1, 0.15) is 39.2 Å². The summed E-state index contributed by atoms with van der Waals surface area (Å²) in [6.45, 7) is 7.50. The Kier molecular flexibility index (Phi) is 5.79. The molecule has 0 saturated carbocycles. The summed E-state index contributed by atoms with van der Waals surface area (Å²) in [5.74, 6) is 0.560. The van der Waals surface area contributed by atoms with Gasteiger partial charge in [0.1, 0.15) is 5.75 Å². The van der Waals surface area contributed by atoms with Crippen LogP contribution in [0.25, 0.3) is 10.8 Å². The molecule has 128 valence electrons. The van der Waals surface area contributed by atoms with Crippen molar-refractivity contribution in [3.8, 4) is 17.2 Å². The number of fused-ring (bicyclic) bond motifs is 1. The molecule has 0 amide bonds. The molecule has 5 heteroatoms. The maximum absolute atomic E-state index is 11.8. The molecule has 0 spiro atoms. The summed E-state index contributed by atoms with van der Waals surface area (Å²) in [6, 6.07) is 7.33. The highest BCUT2D eigenvalue weighted by molar-refractivity contribution is 5.99. The maximum atomic E-state index is 11.8. The fraction of sp³-hybridized carbons (Fsp3) is 0.368. The Labute approximate surface area is 141 Å². The van der Waals surface area contributed by atoms with E-state index in [4.69, 9.17) is 14.2 Å². The van der Waals surface area contributed by atoms with Gasteiger partial charge in [0.25, 0.3) is 0 Å².